The first-order chi connectivity index (χ1) is 5.43. The molecule has 0 unspecified atom stereocenters. The molecule has 0 fully saturated rings. The van der Waals surface area contributed by atoms with Gasteiger partial charge in [0.15, 0.2) is 0 Å². The summed E-state index contributed by atoms with van der Waals surface area (Å²) >= 11 is 0. The Bertz CT molecular complexity index is 190. The Morgan fingerprint density at radius 3 is 3.36 bits per heavy atom. The van der Waals surface area contributed by atoms with E-state index in [0.717, 1.165) is 19.4 Å². The van der Waals surface area contributed by atoms with Gasteiger partial charge in [-0.05, 0) is 12.5 Å². The summed E-state index contributed by atoms with van der Waals surface area (Å²) in [6, 6.07) is 0. The third-order valence-electron chi connectivity index (χ3n) is 1.47. The Morgan fingerprint density at radius 1 is 1.64 bits per heavy atom. The van der Waals surface area contributed by atoms with E-state index in [1.165, 1.54) is 5.70 Å². The summed E-state index contributed by atoms with van der Waals surface area (Å²) in [5, 5.41) is 3.31. The molecule has 0 bridgehead atoms. The average Bonchev–Trinajstić information content (AvgIpc) is 2.28. The summed E-state index contributed by atoms with van der Waals surface area (Å²) < 4.78 is 0. The molecule has 0 amide bonds. The minimum absolute atomic E-state index is 0.930. The van der Waals surface area contributed by atoms with Gasteiger partial charge in [-0.3, -0.25) is 4.99 Å². The largest absolute Gasteiger partial charge is 0.385 e. The van der Waals surface area contributed by atoms with Gasteiger partial charge >= 0.3 is 0 Å². The molecule has 0 atom stereocenters. The van der Waals surface area contributed by atoms with E-state index < -0.39 is 0 Å². The van der Waals surface area contributed by atoms with E-state index in [2.05, 4.69) is 23.3 Å². The highest BCUT2D eigenvalue weighted by molar-refractivity contribution is 5.61. The van der Waals surface area contributed by atoms with Gasteiger partial charge in [0.05, 0.1) is 0 Å². The number of rotatable bonds is 3. The number of nitrogens with zero attached hydrogens (tertiary/aromatic N) is 1. The summed E-state index contributed by atoms with van der Waals surface area (Å²) in [6.07, 6.45) is 9.95. The number of hydrogen-bond donors (Lipinski definition) is 1. The molecule has 2 heteroatoms. The van der Waals surface area contributed by atoms with Crippen LogP contribution in [0.4, 0.5) is 0 Å². The molecule has 0 saturated heterocycles. The van der Waals surface area contributed by atoms with Crippen molar-refractivity contribution < 1.29 is 0 Å². The second-order valence-corrected chi connectivity index (χ2v) is 2.47. The van der Waals surface area contributed by atoms with Gasteiger partial charge in [0.2, 0.25) is 0 Å². The Hall–Kier alpha value is -1.05. The molecule has 0 aromatic heterocycles. The fourth-order valence-electron chi connectivity index (χ4n) is 0.893. The molecule has 0 aromatic carbocycles. The topological polar surface area (TPSA) is 24.4 Å². The highest BCUT2D eigenvalue weighted by atomic mass is 14.9. The SMILES string of the molecule is CCCNC1=CCC=NC=C1. The van der Waals surface area contributed by atoms with Crippen LogP contribution in [0.15, 0.2) is 29.0 Å². The van der Waals surface area contributed by atoms with Crippen LogP contribution >= 0.6 is 0 Å². The minimum Gasteiger partial charge on any atom is -0.385 e. The summed E-state index contributed by atoms with van der Waals surface area (Å²) in [6.45, 7) is 3.20. The van der Waals surface area contributed by atoms with Crippen LogP contribution in [0.2, 0.25) is 0 Å². The van der Waals surface area contributed by atoms with Crippen molar-refractivity contribution in [2.24, 2.45) is 4.99 Å². The van der Waals surface area contributed by atoms with Crippen molar-refractivity contribution >= 4 is 6.21 Å². The van der Waals surface area contributed by atoms with E-state index in [1.807, 2.05) is 18.5 Å². The van der Waals surface area contributed by atoms with Crippen LogP contribution in [0.25, 0.3) is 0 Å². The molecular weight excluding hydrogens is 136 g/mol. The Morgan fingerprint density at radius 2 is 2.55 bits per heavy atom. The lowest BCUT2D eigenvalue weighted by Crippen LogP contribution is -2.12. The van der Waals surface area contributed by atoms with Crippen molar-refractivity contribution in [1.82, 2.24) is 5.32 Å². The number of allylic oxidation sites excluding steroid dienone is 2. The summed E-state index contributed by atoms with van der Waals surface area (Å²) in [5.74, 6) is 0. The number of aliphatic imine (C=N–C) groups is 1. The lowest BCUT2D eigenvalue weighted by Gasteiger charge is -2.02. The molecule has 1 heterocycles. The molecule has 1 rings (SSSR count). The highest BCUT2D eigenvalue weighted by Crippen LogP contribution is 1.98. The predicted octanol–water partition coefficient (Wildman–Crippen LogP) is 1.86. The fraction of sp³-hybridized carbons (Fsp3) is 0.444. The van der Waals surface area contributed by atoms with Crippen LogP contribution in [0.1, 0.15) is 19.8 Å². The van der Waals surface area contributed by atoms with Gasteiger partial charge in [-0.15, -0.1) is 0 Å². The molecule has 60 valence electrons. The van der Waals surface area contributed by atoms with Crippen LogP contribution in [0.3, 0.4) is 0 Å². The standard InChI is InChI=1S/C9H14N2/c1-2-6-11-9-4-3-7-10-8-5-9/h4-5,7-8,11H,2-3,6H2,1H3. The first-order valence-corrected chi connectivity index (χ1v) is 4.05. The molecule has 0 aromatic rings. The summed E-state index contributed by atoms with van der Waals surface area (Å²) in [7, 11) is 0. The zero-order valence-corrected chi connectivity index (χ0v) is 6.88. The molecule has 0 radical (unpaired) electrons. The van der Waals surface area contributed by atoms with Gasteiger partial charge < -0.3 is 5.32 Å². The van der Waals surface area contributed by atoms with E-state index in [-0.39, 0.29) is 0 Å². The molecule has 1 aliphatic rings. The lowest BCUT2D eigenvalue weighted by molar-refractivity contribution is 0.782. The Labute approximate surface area is 67.7 Å². The first-order valence-electron chi connectivity index (χ1n) is 4.05. The molecule has 0 aliphatic carbocycles. The van der Waals surface area contributed by atoms with E-state index in [4.69, 9.17) is 0 Å². The fourth-order valence-corrected chi connectivity index (χ4v) is 0.893. The third kappa shape index (κ3) is 3.03. The van der Waals surface area contributed by atoms with Gasteiger partial charge in [-0.1, -0.05) is 13.0 Å². The van der Waals surface area contributed by atoms with E-state index in [0.29, 0.717) is 0 Å². The number of hydrogen-bond acceptors (Lipinski definition) is 2. The van der Waals surface area contributed by atoms with E-state index in [9.17, 15) is 0 Å². The highest BCUT2D eigenvalue weighted by Gasteiger charge is 1.90. The van der Waals surface area contributed by atoms with Crippen LogP contribution in [-0.2, 0) is 0 Å². The van der Waals surface area contributed by atoms with Crippen molar-refractivity contribution in [3.05, 3.63) is 24.0 Å². The monoisotopic (exact) mass is 150 g/mol. The summed E-state index contributed by atoms with van der Waals surface area (Å²) in [5.41, 5.74) is 1.18. The maximum absolute atomic E-state index is 4.03. The normalized spacial score (nSPS) is 15.9. The van der Waals surface area contributed by atoms with Gasteiger partial charge in [0.25, 0.3) is 0 Å². The Balaban J connectivity index is 2.38. The minimum atomic E-state index is 0.930. The van der Waals surface area contributed by atoms with Crippen LogP contribution in [-0.4, -0.2) is 12.8 Å². The molecule has 0 saturated carbocycles. The number of nitrogens with one attached hydrogen (secondary N) is 1. The predicted molar refractivity (Wildman–Crippen MR) is 48.6 cm³/mol. The maximum Gasteiger partial charge on any atom is 0.0318 e. The zero-order chi connectivity index (χ0) is 7.94. The van der Waals surface area contributed by atoms with Crippen molar-refractivity contribution in [3.8, 4) is 0 Å². The van der Waals surface area contributed by atoms with Crippen LogP contribution in [0.5, 0.6) is 0 Å². The molecule has 1 N–H and O–H groups in total. The smallest absolute Gasteiger partial charge is 0.0318 e. The zero-order valence-electron chi connectivity index (χ0n) is 6.88. The van der Waals surface area contributed by atoms with Gasteiger partial charge in [-0.2, -0.15) is 0 Å². The molecular formula is C9H14N2. The first kappa shape index (κ1) is 8.05. The van der Waals surface area contributed by atoms with Crippen LogP contribution < -0.4 is 5.32 Å². The van der Waals surface area contributed by atoms with E-state index >= 15 is 0 Å². The quantitative estimate of drug-likeness (QED) is 0.652. The second-order valence-electron chi connectivity index (χ2n) is 2.47. The van der Waals surface area contributed by atoms with Crippen LogP contribution in [0, 0.1) is 0 Å². The molecule has 1 aliphatic heterocycles. The molecule has 11 heavy (non-hydrogen) atoms. The molecule has 0 spiro atoms. The maximum atomic E-state index is 4.03. The van der Waals surface area contributed by atoms with Gasteiger partial charge in [-0.25, -0.2) is 0 Å². The van der Waals surface area contributed by atoms with Crippen molar-refractivity contribution in [2.75, 3.05) is 6.54 Å². The van der Waals surface area contributed by atoms with Crippen molar-refractivity contribution in [3.63, 3.8) is 0 Å². The van der Waals surface area contributed by atoms with Crippen molar-refractivity contribution in [2.45, 2.75) is 19.8 Å². The lowest BCUT2D eigenvalue weighted by atomic mass is 10.3. The summed E-state index contributed by atoms with van der Waals surface area (Å²) in [4.78, 5) is 4.03. The van der Waals surface area contributed by atoms with Crippen molar-refractivity contribution in [1.29, 1.82) is 0 Å². The van der Waals surface area contributed by atoms with E-state index in [1.54, 1.807) is 0 Å². The molecule has 2 nitrogen and oxygen atoms in total. The Kier molecular flexibility index (Phi) is 3.45. The average molecular weight is 150 g/mol. The van der Waals surface area contributed by atoms with Gasteiger partial charge in [0, 0.05) is 31.1 Å². The third-order valence-corrected chi connectivity index (χ3v) is 1.47. The van der Waals surface area contributed by atoms with Gasteiger partial charge in [0.1, 0.15) is 0 Å². The second kappa shape index (κ2) is 4.72.